The van der Waals surface area contributed by atoms with Crippen LogP contribution in [0.1, 0.15) is 6.42 Å². The molecule has 0 radical (unpaired) electrons. The van der Waals surface area contributed by atoms with Crippen LogP contribution in [-0.4, -0.2) is 28.1 Å². The summed E-state index contributed by atoms with van der Waals surface area (Å²) in [4.78, 5) is 14.5. The van der Waals surface area contributed by atoms with Crippen molar-refractivity contribution in [1.82, 2.24) is 9.55 Å². The smallest absolute Gasteiger partial charge is 0.296 e. The molecular weight excluding hydrogens is 260 g/mol. The van der Waals surface area contributed by atoms with E-state index in [1.165, 1.54) is 13.2 Å². The molecule has 20 heavy (non-hydrogen) atoms. The van der Waals surface area contributed by atoms with Crippen LogP contribution < -0.4 is 10.1 Å². The highest BCUT2D eigenvalue weighted by Gasteiger charge is 2.14. The van der Waals surface area contributed by atoms with E-state index in [4.69, 9.17) is 4.74 Å². The van der Waals surface area contributed by atoms with Gasteiger partial charge in [0.05, 0.1) is 24.4 Å². The quantitative estimate of drug-likeness (QED) is 0.476. The Hall–Kier alpha value is -2.57. The van der Waals surface area contributed by atoms with Crippen LogP contribution in [0.3, 0.4) is 0 Å². The van der Waals surface area contributed by atoms with Crippen molar-refractivity contribution in [3.05, 3.63) is 47.0 Å². The first kappa shape index (κ1) is 13.9. The number of hydrogen-bond donors (Lipinski definition) is 1. The summed E-state index contributed by atoms with van der Waals surface area (Å²) in [5, 5.41) is 14.1. The van der Waals surface area contributed by atoms with Gasteiger partial charge < -0.3 is 14.6 Å². The fourth-order valence-corrected chi connectivity index (χ4v) is 1.84. The van der Waals surface area contributed by atoms with Gasteiger partial charge in [-0.2, -0.15) is 0 Å². The first-order valence-electron chi connectivity index (χ1n) is 6.23. The molecular formula is C13H16N4O3. The number of aryl methyl sites for hydroxylation is 1. The highest BCUT2D eigenvalue weighted by Crippen LogP contribution is 2.28. The van der Waals surface area contributed by atoms with Crippen LogP contribution in [-0.2, 0) is 6.54 Å². The third-order valence-corrected chi connectivity index (χ3v) is 2.87. The summed E-state index contributed by atoms with van der Waals surface area (Å²) in [6.07, 6.45) is 6.20. The van der Waals surface area contributed by atoms with Crippen LogP contribution in [0.5, 0.6) is 5.75 Å². The van der Waals surface area contributed by atoms with Gasteiger partial charge in [0.2, 0.25) is 0 Å². The number of nitro groups is 1. The number of methoxy groups -OCH3 is 1. The minimum absolute atomic E-state index is 0.0204. The van der Waals surface area contributed by atoms with Crippen molar-refractivity contribution < 1.29 is 9.66 Å². The van der Waals surface area contributed by atoms with Gasteiger partial charge in [0.1, 0.15) is 11.4 Å². The van der Waals surface area contributed by atoms with E-state index in [2.05, 4.69) is 10.3 Å². The van der Waals surface area contributed by atoms with Crippen LogP contribution in [0.4, 0.5) is 11.4 Å². The number of hydrogen-bond acceptors (Lipinski definition) is 5. The van der Waals surface area contributed by atoms with Crippen molar-refractivity contribution in [3.63, 3.8) is 0 Å². The molecule has 106 valence electrons. The van der Waals surface area contributed by atoms with Gasteiger partial charge >= 0.3 is 0 Å². The molecule has 7 heteroatoms. The Morgan fingerprint density at radius 1 is 1.50 bits per heavy atom. The third-order valence-electron chi connectivity index (χ3n) is 2.87. The van der Waals surface area contributed by atoms with E-state index in [0.29, 0.717) is 18.0 Å². The molecule has 7 nitrogen and oxygen atoms in total. The van der Waals surface area contributed by atoms with E-state index in [1.54, 1.807) is 24.7 Å². The lowest BCUT2D eigenvalue weighted by molar-refractivity contribution is -0.384. The Bertz CT molecular complexity index is 569. The van der Waals surface area contributed by atoms with E-state index in [-0.39, 0.29) is 5.69 Å². The van der Waals surface area contributed by atoms with Crippen molar-refractivity contribution in [1.29, 1.82) is 0 Å². The second kappa shape index (κ2) is 6.55. The molecule has 0 aliphatic carbocycles. The van der Waals surface area contributed by atoms with Gasteiger partial charge in [-0.3, -0.25) is 10.1 Å². The molecule has 1 N–H and O–H groups in total. The zero-order chi connectivity index (χ0) is 14.4. The van der Waals surface area contributed by atoms with Crippen LogP contribution in [0.2, 0.25) is 0 Å². The average molecular weight is 276 g/mol. The number of aromatic nitrogens is 2. The molecule has 0 bridgehead atoms. The second-order valence-electron chi connectivity index (χ2n) is 4.22. The van der Waals surface area contributed by atoms with E-state index in [1.807, 2.05) is 10.8 Å². The highest BCUT2D eigenvalue weighted by molar-refractivity contribution is 5.63. The summed E-state index contributed by atoms with van der Waals surface area (Å²) in [7, 11) is 1.48. The van der Waals surface area contributed by atoms with Crippen LogP contribution in [0, 0.1) is 10.1 Å². The second-order valence-corrected chi connectivity index (χ2v) is 4.22. The van der Waals surface area contributed by atoms with Crippen LogP contribution in [0.25, 0.3) is 0 Å². The van der Waals surface area contributed by atoms with Gasteiger partial charge in [0, 0.05) is 25.5 Å². The minimum atomic E-state index is -0.416. The van der Waals surface area contributed by atoms with Crippen molar-refractivity contribution in [2.24, 2.45) is 0 Å². The molecule has 0 aliphatic heterocycles. The molecule has 0 amide bonds. The van der Waals surface area contributed by atoms with Gasteiger partial charge in [0.25, 0.3) is 5.69 Å². The Kier molecular flexibility index (Phi) is 4.54. The van der Waals surface area contributed by atoms with E-state index in [0.717, 1.165) is 13.0 Å². The largest absolute Gasteiger partial charge is 0.496 e. The molecule has 2 aromatic rings. The first-order valence-corrected chi connectivity index (χ1v) is 6.23. The Labute approximate surface area is 116 Å². The lowest BCUT2D eigenvalue weighted by Gasteiger charge is -2.08. The van der Waals surface area contributed by atoms with Gasteiger partial charge in [-0.15, -0.1) is 0 Å². The predicted octanol–water partition coefficient (Wildman–Crippen LogP) is 2.30. The number of imidazole rings is 1. The number of rotatable bonds is 7. The number of benzene rings is 1. The van der Waals surface area contributed by atoms with Crippen molar-refractivity contribution in [2.75, 3.05) is 19.0 Å². The number of nitrogens with one attached hydrogen (secondary N) is 1. The molecule has 2 rings (SSSR count). The molecule has 0 spiro atoms. The summed E-state index contributed by atoms with van der Waals surface area (Å²) in [5.41, 5.74) is 0.522. The Balaban J connectivity index is 1.93. The molecule has 1 aromatic heterocycles. The summed E-state index contributed by atoms with van der Waals surface area (Å²) in [6.45, 7) is 1.46. The average Bonchev–Trinajstić information content (AvgIpc) is 2.96. The molecule has 0 atom stereocenters. The topological polar surface area (TPSA) is 82.2 Å². The maximum absolute atomic E-state index is 11.0. The van der Waals surface area contributed by atoms with E-state index < -0.39 is 4.92 Å². The maximum Gasteiger partial charge on any atom is 0.296 e. The standard InChI is InChI=1S/C13H16N4O3/c1-20-11-3-4-12(13(9-11)17(18)19)15-5-2-7-16-8-6-14-10-16/h3-4,6,8-10,15H,2,5,7H2,1H3. The monoisotopic (exact) mass is 276 g/mol. The van der Waals surface area contributed by atoms with E-state index in [9.17, 15) is 10.1 Å². The molecule has 1 aromatic carbocycles. The molecule has 0 saturated carbocycles. The summed E-state index contributed by atoms with van der Waals surface area (Å²) >= 11 is 0. The van der Waals surface area contributed by atoms with Gasteiger partial charge in [-0.25, -0.2) is 4.98 Å². The zero-order valence-corrected chi connectivity index (χ0v) is 11.2. The maximum atomic E-state index is 11.0. The Morgan fingerprint density at radius 2 is 2.35 bits per heavy atom. The number of ether oxygens (including phenoxy) is 1. The van der Waals surface area contributed by atoms with E-state index >= 15 is 0 Å². The lowest BCUT2D eigenvalue weighted by atomic mass is 10.2. The van der Waals surface area contributed by atoms with Gasteiger partial charge in [-0.05, 0) is 18.6 Å². The summed E-state index contributed by atoms with van der Waals surface area (Å²) < 4.78 is 6.95. The first-order chi connectivity index (χ1) is 9.70. The summed E-state index contributed by atoms with van der Waals surface area (Å²) in [5.74, 6) is 0.473. The molecule has 0 aliphatic rings. The van der Waals surface area contributed by atoms with Crippen molar-refractivity contribution >= 4 is 11.4 Å². The van der Waals surface area contributed by atoms with Gasteiger partial charge in [-0.1, -0.05) is 0 Å². The number of anilines is 1. The predicted molar refractivity (Wildman–Crippen MR) is 75.0 cm³/mol. The zero-order valence-electron chi connectivity index (χ0n) is 11.2. The molecule has 1 heterocycles. The van der Waals surface area contributed by atoms with Gasteiger partial charge in [0.15, 0.2) is 0 Å². The summed E-state index contributed by atoms with van der Waals surface area (Å²) in [6, 6.07) is 4.78. The highest BCUT2D eigenvalue weighted by atomic mass is 16.6. The van der Waals surface area contributed by atoms with Crippen molar-refractivity contribution in [3.8, 4) is 5.75 Å². The number of nitro benzene ring substituents is 1. The lowest BCUT2D eigenvalue weighted by Crippen LogP contribution is -2.07. The SMILES string of the molecule is COc1ccc(NCCCn2ccnc2)c([N+](=O)[O-])c1. The van der Waals surface area contributed by atoms with Crippen LogP contribution >= 0.6 is 0 Å². The van der Waals surface area contributed by atoms with Crippen molar-refractivity contribution in [2.45, 2.75) is 13.0 Å². The molecule has 0 fully saturated rings. The third kappa shape index (κ3) is 3.47. The molecule has 0 unspecified atom stereocenters. The van der Waals surface area contributed by atoms with Crippen LogP contribution in [0.15, 0.2) is 36.9 Å². The fourth-order valence-electron chi connectivity index (χ4n) is 1.84. The molecule has 0 saturated heterocycles. The minimum Gasteiger partial charge on any atom is -0.496 e. The fraction of sp³-hybridized carbons (Fsp3) is 0.308. The normalized spacial score (nSPS) is 10.2. The Morgan fingerprint density at radius 3 is 3.00 bits per heavy atom. The number of nitrogens with zero attached hydrogens (tertiary/aromatic N) is 3.